The van der Waals surface area contributed by atoms with Crippen LogP contribution in [-0.2, 0) is 4.74 Å². The summed E-state index contributed by atoms with van der Waals surface area (Å²) in [6.07, 6.45) is 0. The molecule has 5 nitrogen and oxygen atoms in total. The molecule has 2 rings (SSSR count). The summed E-state index contributed by atoms with van der Waals surface area (Å²) in [5.74, 6) is 0. The first-order valence-electron chi connectivity index (χ1n) is 7.00. The number of anilines is 1. The van der Waals surface area contributed by atoms with E-state index in [0.717, 1.165) is 45.1 Å². The van der Waals surface area contributed by atoms with Crippen LogP contribution >= 0.6 is 12.2 Å². The number of rotatable bonds is 5. The van der Waals surface area contributed by atoms with Gasteiger partial charge in [0, 0.05) is 7.05 Å². The fourth-order valence-corrected chi connectivity index (χ4v) is 2.41. The fraction of sp³-hybridized carbons (Fsp3) is 0.500. The smallest absolute Gasteiger partial charge is 0.185 e. The molecule has 1 aliphatic rings. The summed E-state index contributed by atoms with van der Waals surface area (Å²) in [6, 6.07) is 10.1. The SMILES string of the molecule is CN(NC(=S)NCC[NH+]1CCOCC1)c1ccccc1. The summed E-state index contributed by atoms with van der Waals surface area (Å²) in [6.45, 7) is 5.87. The number of para-hydroxylation sites is 1. The molecule has 1 aromatic rings. The Morgan fingerprint density at radius 1 is 1.30 bits per heavy atom. The maximum Gasteiger partial charge on any atom is 0.185 e. The van der Waals surface area contributed by atoms with Crippen LogP contribution in [-0.4, -0.2) is 51.6 Å². The Morgan fingerprint density at radius 2 is 2.00 bits per heavy atom. The van der Waals surface area contributed by atoms with Crippen LogP contribution in [0, 0.1) is 0 Å². The van der Waals surface area contributed by atoms with Crippen LogP contribution < -0.4 is 20.7 Å². The predicted molar refractivity (Wildman–Crippen MR) is 85.0 cm³/mol. The van der Waals surface area contributed by atoms with Gasteiger partial charge in [0.05, 0.1) is 32.0 Å². The Kier molecular flexibility index (Phi) is 6.04. The van der Waals surface area contributed by atoms with Gasteiger partial charge in [-0.05, 0) is 24.4 Å². The van der Waals surface area contributed by atoms with Crippen molar-refractivity contribution in [2.75, 3.05) is 51.4 Å². The molecule has 3 N–H and O–H groups in total. The number of hydrogen-bond donors (Lipinski definition) is 3. The maximum atomic E-state index is 5.34. The van der Waals surface area contributed by atoms with Crippen LogP contribution in [0.5, 0.6) is 0 Å². The molecule has 1 fully saturated rings. The van der Waals surface area contributed by atoms with Crippen molar-refractivity contribution >= 4 is 23.0 Å². The molecule has 110 valence electrons. The summed E-state index contributed by atoms with van der Waals surface area (Å²) in [7, 11) is 1.95. The molecule has 0 aromatic heterocycles. The number of nitrogens with zero attached hydrogens (tertiary/aromatic N) is 1. The van der Waals surface area contributed by atoms with E-state index in [4.69, 9.17) is 17.0 Å². The number of thiocarbonyl (C=S) groups is 1. The van der Waals surface area contributed by atoms with E-state index in [1.807, 2.05) is 42.4 Å². The number of ether oxygens (including phenoxy) is 1. The van der Waals surface area contributed by atoms with Gasteiger partial charge in [0.15, 0.2) is 5.11 Å². The van der Waals surface area contributed by atoms with Gasteiger partial charge >= 0.3 is 0 Å². The molecular formula is C14H23N4OS+. The number of hydrogen-bond acceptors (Lipinski definition) is 3. The molecule has 0 saturated carbocycles. The molecule has 6 heteroatoms. The van der Waals surface area contributed by atoms with Gasteiger partial charge < -0.3 is 15.0 Å². The average Bonchev–Trinajstić information content (AvgIpc) is 2.49. The Balaban J connectivity index is 1.65. The summed E-state index contributed by atoms with van der Waals surface area (Å²) in [4.78, 5) is 1.57. The quantitative estimate of drug-likeness (QED) is 0.501. The monoisotopic (exact) mass is 295 g/mol. The second-order valence-corrected chi connectivity index (χ2v) is 5.28. The standard InChI is InChI=1S/C14H22N4OS/c1-17(13-5-3-2-4-6-13)16-14(20)15-7-8-18-9-11-19-12-10-18/h2-6H,7-12H2,1H3,(H2,15,16,20)/p+1. The minimum Gasteiger partial charge on any atom is -0.370 e. The number of benzene rings is 1. The molecule has 0 spiro atoms. The first kappa shape index (κ1) is 15.0. The van der Waals surface area contributed by atoms with Gasteiger partial charge in [0.25, 0.3) is 0 Å². The Labute approximate surface area is 125 Å². The third-order valence-electron chi connectivity index (χ3n) is 3.38. The zero-order chi connectivity index (χ0) is 14.2. The highest BCUT2D eigenvalue weighted by molar-refractivity contribution is 7.80. The fourth-order valence-electron chi connectivity index (χ4n) is 2.17. The van der Waals surface area contributed by atoms with E-state index >= 15 is 0 Å². The van der Waals surface area contributed by atoms with Gasteiger partial charge in [-0.1, -0.05) is 18.2 Å². The third kappa shape index (κ3) is 4.96. The lowest BCUT2D eigenvalue weighted by Crippen LogP contribution is -3.14. The van der Waals surface area contributed by atoms with Crippen molar-refractivity contribution < 1.29 is 9.64 Å². The Morgan fingerprint density at radius 3 is 2.70 bits per heavy atom. The minimum absolute atomic E-state index is 0.656. The molecular weight excluding hydrogens is 272 g/mol. The van der Waals surface area contributed by atoms with Crippen molar-refractivity contribution in [3.63, 3.8) is 0 Å². The van der Waals surface area contributed by atoms with Crippen LogP contribution in [0.2, 0.25) is 0 Å². The highest BCUT2D eigenvalue weighted by Gasteiger charge is 2.13. The molecule has 0 atom stereocenters. The van der Waals surface area contributed by atoms with Crippen molar-refractivity contribution in [2.45, 2.75) is 0 Å². The zero-order valence-corrected chi connectivity index (χ0v) is 12.7. The van der Waals surface area contributed by atoms with E-state index in [1.165, 1.54) is 0 Å². The second kappa shape index (κ2) is 8.04. The molecule has 1 aliphatic heterocycles. The third-order valence-corrected chi connectivity index (χ3v) is 3.61. The predicted octanol–water partition coefficient (Wildman–Crippen LogP) is -0.583. The average molecular weight is 295 g/mol. The van der Waals surface area contributed by atoms with E-state index in [9.17, 15) is 0 Å². The Bertz CT molecular complexity index is 409. The minimum atomic E-state index is 0.656. The number of hydrazine groups is 1. The van der Waals surface area contributed by atoms with Crippen molar-refractivity contribution in [1.29, 1.82) is 0 Å². The van der Waals surface area contributed by atoms with Gasteiger partial charge in [0.2, 0.25) is 0 Å². The highest BCUT2D eigenvalue weighted by atomic mass is 32.1. The highest BCUT2D eigenvalue weighted by Crippen LogP contribution is 2.07. The van der Waals surface area contributed by atoms with Crippen LogP contribution in [0.25, 0.3) is 0 Å². The van der Waals surface area contributed by atoms with Crippen LogP contribution in [0.4, 0.5) is 5.69 Å². The van der Waals surface area contributed by atoms with Gasteiger partial charge in [-0.15, -0.1) is 0 Å². The lowest BCUT2D eigenvalue weighted by Gasteiger charge is -2.25. The zero-order valence-electron chi connectivity index (χ0n) is 11.9. The normalized spacial score (nSPS) is 15.7. The van der Waals surface area contributed by atoms with E-state index in [1.54, 1.807) is 4.90 Å². The molecule has 1 heterocycles. The molecule has 0 amide bonds. The van der Waals surface area contributed by atoms with E-state index in [-0.39, 0.29) is 0 Å². The van der Waals surface area contributed by atoms with Gasteiger partial charge in [-0.3, -0.25) is 10.4 Å². The topological polar surface area (TPSA) is 41.0 Å². The van der Waals surface area contributed by atoms with Crippen molar-refractivity contribution in [3.05, 3.63) is 30.3 Å². The number of morpholine rings is 1. The van der Waals surface area contributed by atoms with Crippen LogP contribution in [0.15, 0.2) is 30.3 Å². The van der Waals surface area contributed by atoms with E-state index in [0.29, 0.717) is 5.11 Å². The van der Waals surface area contributed by atoms with Crippen LogP contribution in [0.3, 0.4) is 0 Å². The van der Waals surface area contributed by atoms with Gasteiger partial charge in [0.1, 0.15) is 13.1 Å². The van der Waals surface area contributed by atoms with Gasteiger partial charge in [-0.25, -0.2) is 0 Å². The largest absolute Gasteiger partial charge is 0.370 e. The number of quaternary nitrogens is 1. The molecule has 20 heavy (non-hydrogen) atoms. The summed E-state index contributed by atoms with van der Waals surface area (Å²) in [5.41, 5.74) is 4.23. The molecule has 0 radical (unpaired) electrons. The lowest BCUT2D eigenvalue weighted by molar-refractivity contribution is -0.906. The van der Waals surface area contributed by atoms with Gasteiger partial charge in [-0.2, -0.15) is 0 Å². The first-order valence-corrected chi connectivity index (χ1v) is 7.41. The first-order chi connectivity index (χ1) is 9.75. The second-order valence-electron chi connectivity index (χ2n) is 4.87. The summed E-state index contributed by atoms with van der Waals surface area (Å²) in [5, 5.41) is 5.82. The molecule has 0 aliphatic carbocycles. The van der Waals surface area contributed by atoms with Crippen LogP contribution in [0.1, 0.15) is 0 Å². The van der Waals surface area contributed by atoms with E-state index < -0.39 is 0 Å². The lowest BCUT2D eigenvalue weighted by atomic mass is 10.3. The molecule has 0 unspecified atom stereocenters. The van der Waals surface area contributed by atoms with Crippen molar-refractivity contribution in [1.82, 2.24) is 10.7 Å². The Hall–Kier alpha value is -1.37. The molecule has 1 saturated heterocycles. The maximum absolute atomic E-state index is 5.34. The van der Waals surface area contributed by atoms with Crippen molar-refractivity contribution in [2.24, 2.45) is 0 Å². The summed E-state index contributed by atoms with van der Waals surface area (Å²) < 4.78 is 5.34. The summed E-state index contributed by atoms with van der Waals surface area (Å²) >= 11 is 5.30. The van der Waals surface area contributed by atoms with E-state index in [2.05, 4.69) is 10.7 Å². The molecule has 0 bridgehead atoms. The van der Waals surface area contributed by atoms with Crippen molar-refractivity contribution in [3.8, 4) is 0 Å². The number of nitrogens with one attached hydrogen (secondary N) is 3. The molecule has 1 aromatic carbocycles.